The Bertz CT molecular complexity index is 121. The van der Waals surface area contributed by atoms with Crippen LogP contribution in [0, 0.1) is 0 Å². The molecule has 0 bridgehead atoms. The van der Waals surface area contributed by atoms with Gasteiger partial charge in [-0.05, 0) is 0 Å². The summed E-state index contributed by atoms with van der Waals surface area (Å²) >= 11 is 3.43. The van der Waals surface area contributed by atoms with Gasteiger partial charge in [-0.2, -0.15) is 0 Å². The normalized spacial score (nSPS) is 8.56. The number of aliphatic carboxylic acids is 1. The molecule has 0 aliphatic heterocycles. The number of hydrogen-bond acceptors (Lipinski definition) is 3. The van der Waals surface area contributed by atoms with Gasteiger partial charge in [0, 0.05) is 19.3 Å². The molecule has 0 saturated heterocycles. The lowest BCUT2D eigenvalue weighted by Crippen LogP contribution is -1.94. The average Bonchev–Trinajstić information content (AvgIpc) is 1.83. The van der Waals surface area contributed by atoms with Crippen LogP contribution >= 0.6 is 12.9 Å². The van der Waals surface area contributed by atoms with Gasteiger partial charge in [-0.15, -0.1) is 0 Å². The summed E-state index contributed by atoms with van der Waals surface area (Å²) in [6.07, 6.45) is 0.359. The first-order chi connectivity index (χ1) is 4.16. The Labute approximate surface area is 58.9 Å². The fourth-order valence-corrected chi connectivity index (χ4v) is 0.383. The van der Waals surface area contributed by atoms with E-state index in [-0.39, 0.29) is 6.42 Å². The minimum absolute atomic E-state index is 0.0411. The smallest absolute Gasteiger partial charge is 0.303 e. The highest BCUT2D eigenvalue weighted by Crippen LogP contribution is 2.04. The number of carboxylic acid groups (broad SMARTS) is 1. The second-order valence-electron chi connectivity index (χ2n) is 1.52. The molecule has 0 aromatic rings. The molecular formula is C5H8O3S. The van der Waals surface area contributed by atoms with E-state index < -0.39 is 5.97 Å². The Kier molecular flexibility index (Phi) is 3.96. The maximum atomic E-state index is 9.90. The van der Waals surface area contributed by atoms with E-state index in [2.05, 4.69) is 23.7 Å². The van der Waals surface area contributed by atoms with Crippen molar-refractivity contribution in [3.8, 4) is 0 Å². The molecule has 0 aromatic carbocycles. The lowest BCUT2D eigenvalue weighted by Gasteiger charge is -1.97. The van der Waals surface area contributed by atoms with Crippen LogP contribution in [0.1, 0.15) is 12.8 Å². The Hall–Kier alpha value is -0.640. The zero-order chi connectivity index (χ0) is 7.28. The number of thiol groups is 1. The van der Waals surface area contributed by atoms with Gasteiger partial charge in [-0.3, -0.25) is 4.79 Å². The Balaban J connectivity index is 3.28. The van der Waals surface area contributed by atoms with Crippen molar-refractivity contribution in [2.45, 2.75) is 12.8 Å². The number of carbonyl (C=O) groups is 1. The number of carboxylic acids is 1. The summed E-state index contributed by atoms with van der Waals surface area (Å²) in [6.45, 7) is 3.38. The molecule has 0 fully saturated rings. The van der Waals surface area contributed by atoms with Gasteiger partial charge in [0.2, 0.25) is 0 Å². The summed E-state index contributed by atoms with van der Waals surface area (Å²) in [5.74, 6) is -0.484. The molecule has 1 N–H and O–H groups in total. The van der Waals surface area contributed by atoms with Crippen molar-refractivity contribution in [3.05, 3.63) is 12.3 Å². The summed E-state index contributed by atoms with van der Waals surface area (Å²) in [7, 11) is 0. The molecule has 0 radical (unpaired) electrons. The van der Waals surface area contributed by atoms with Crippen LogP contribution in [0.4, 0.5) is 0 Å². The average molecular weight is 148 g/mol. The van der Waals surface area contributed by atoms with Crippen molar-refractivity contribution in [1.82, 2.24) is 0 Å². The van der Waals surface area contributed by atoms with Crippen LogP contribution in [0.5, 0.6) is 0 Å². The first-order valence-corrected chi connectivity index (χ1v) is 2.74. The number of rotatable bonds is 4. The molecule has 0 heterocycles. The molecule has 0 spiro atoms. The van der Waals surface area contributed by atoms with Gasteiger partial charge in [0.05, 0.1) is 6.42 Å². The Morgan fingerprint density at radius 3 is 2.56 bits per heavy atom. The number of allylic oxidation sites excluding steroid dienone is 1. The van der Waals surface area contributed by atoms with Crippen molar-refractivity contribution < 1.29 is 14.1 Å². The molecule has 0 rings (SSSR count). The predicted octanol–water partition coefficient (Wildman–Crippen LogP) is 1.23. The van der Waals surface area contributed by atoms with Crippen LogP contribution in [0.2, 0.25) is 0 Å². The van der Waals surface area contributed by atoms with Crippen molar-refractivity contribution in [1.29, 1.82) is 0 Å². The second kappa shape index (κ2) is 4.26. The van der Waals surface area contributed by atoms with E-state index in [1.165, 1.54) is 0 Å². The van der Waals surface area contributed by atoms with Crippen LogP contribution in [0.25, 0.3) is 0 Å². The molecule has 0 aliphatic rings. The summed E-state index contributed by atoms with van der Waals surface area (Å²) < 4.78 is 4.34. The second-order valence-corrected chi connectivity index (χ2v) is 1.71. The molecule has 52 valence electrons. The fraction of sp³-hybridized carbons (Fsp3) is 0.400. The fourth-order valence-electron chi connectivity index (χ4n) is 0.292. The van der Waals surface area contributed by atoms with Crippen LogP contribution in [-0.4, -0.2) is 11.1 Å². The van der Waals surface area contributed by atoms with Crippen molar-refractivity contribution in [3.63, 3.8) is 0 Å². The van der Waals surface area contributed by atoms with E-state index in [0.29, 0.717) is 12.2 Å². The number of hydrogen-bond donors (Lipinski definition) is 2. The minimum atomic E-state index is -0.860. The quantitative estimate of drug-likeness (QED) is 0.358. The lowest BCUT2D eigenvalue weighted by molar-refractivity contribution is -0.137. The standard InChI is InChI=1S/C5H8O3S/c1-4(8-9)2-3-5(6)7/h9H,1-3H2,(H,6,7). The zero-order valence-electron chi connectivity index (χ0n) is 4.83. The molecule has 4 heteroatoms. The summed E-state index contributed by atoms with van der Waals surface area (Å²) in [5.41, 5.74) is 0. The van der Waals surface area contributed by atoms with E-state index in [0.717, 1.165) is 0 Å². The monoisotopic (exact) mass is 148 g/mol. The van der Waals surface area contributed by atoms with Gasteiger partial charge >= 0.3 is 5.97 Å². The third-order valence-corrected chi connectivity index (χ3v) is 1.01. The van der Waals surface area contributed by atoms with Gasteiger partial charge in [0.15, 0.2) is 0 Å². The van der Waals surface area contributed by atoms with E-state index >= 15 is 0 Å². The van der Waals surface area contributed by atoms with Crippen LogP contribution in [-0.2, 0) is 8.98 Å². The zero-order valence-corrected chi connectivity index (χ0v) is 5.73. The third-order valence-electron chi connectivity index (χ3n) is 0.747. The van der Waals surface area contributed by atoms with Gasteiger partial charge < -0.3 is 9.29 Å². The van der Waals surface area contributed by atoms with E-state index in [1.54, 1.807) is 0 Å². The molecule has 0 aliphatic carbocycles. The van der Waals surface area contributed by atoms with Gasteiger partial charge in [0.25, 0.3) is 0 Å². The van der Waals surface area contributed by atoms with Gasteiger partial charge in [0.1, 0.15) is 5.76 Å². The van der Waals surface area contributed by atoms with Gasteiger partial charge in [-0.25, -0.2) is 0 Å². The molecule has 0 amide bonds. The van der Waals surface area contributed by atoms with Crippen LogP contribution < -0.4 is 0 Å². The predicted molar refractivity (Wildman–Crippen MR) is 36.1 cm³/mol. The first kappa shape index (κ1) is 8.36. The topological polar surface area (TPSA) is 46.5 Å². The third kappa shape index (κ3) is 5.23. The van der Waals surface area contributed by atoms with Crippen LogP contribution in [0.15, 0.2) is 12.3 Å². The maximum Gasteiger partial charge on any atom is 0.303 e. The largest absolute Gasteiger partial charge is 0.481 e. The SMILES string of the molecule is C=C(CCC(=O)O)OS. The molecule has 3 nitrogen and oxygen atoms in total. The maximum absolute atomic E-state index is 9.90. The molecular weight excluding hydrogens is 140 g/mol. The lowest BCUT2D eigenvalue weighted by atomic mass is 10.3. The molecule has 0 atom stereocenters. The van der Waals surface area contributed by atoms with Crippen LogP contribution in [0.3, 0.4) is 0 Å². The van der Waals surface area contributed by atoms with Gasteiger partial charge in [-0.1, -0.05) is 6.58 Å². The minimum Gasteiger partial charge on any atom is -0.481 e. The summed E-state index contributed by atoms with van der Waals surface area (Å²) in [6, 6.07) is 0. The van der Waals surface area contributed by atoms with E-state index in [1.807, 2.05) is 0 Å². The van der Waals surface area contributed by atoms with Crippen molar-refractivity contribution in [2.24, 2.45) is 0 Å². The Morgan fingerprint density at radius 2 is 2.22 bits per heavy atom. The highest BCUT2D eigenvalue weighted by molar-refractivity contribution is 7.75. The molecule has 0 aromatic heterocycles. The molecule has 0 unspecified atom stereocenters. The first-order valence-electron chi connectivity index (χ1n) is 2.38. The Morgan fingerprint density at radius 1 is 1.67 bits per heavy atom. The summed E-state index contributed by atoms with van der Waals surface area (Å²) in [4.78, 5) is 9.90. The van der Waals surface area contributed by atoms with Crippen molar-refractivity contribution >= 4 is 18.9 Å². The molecule has 9 heavy (non-hydrogen) atoms. The van der Waals surface area contributed by atoms with E-state index in [9.17, 15) is 4.79 Å². The highest BCUT2D eigenvalue weighted by Gasteiger charge is 1.98. The highest BCUT2D eigenvalue weighted by atomic mass is 32.1. The van der Waals surface area contributed by atoms with Crippen molar-refractivity contribution in [2.75, 3.05) is 0 Å². The molecule has 0 saturated carbocycles. The van der Waals surface area contributed by atoms with E-state index in [4.69, 9.17) is 5.11 Å². The summed E-state index contributed by atoms with van der Waals surface area (Å²) in [5, 5.41) is 8.14.